The van der Waals surface area contributed by atoms with Crippen molar-refractivity contribution in [1.29, 1.82) is 0 Å². The molecule has 3 heterocycles. The molecule has 1 fully saturated rings. The lowest BCUT2D eigenvalue weighted by Gasteiger charge is -2.29. The van der Waals surface area contributed by atoms with E-state index in [0.29, 0.717) is 10.8 Å². The van der Waals surface area contributed by atoms with Crippen molar-refractivity contribution in [3.05, 3.63) is 115 Å². The molecule has 4 aromatic rings. The number of hydrogen-bond acceptors (Lipinski definition) is 2. The van der Waals surface area contributed by atoms with Crippen molar-refractivity contribution in [2.45, 2.75) is 12.1 Å². The van der Waals surface area contributed by atoms with Crippen molar-refractivity contribution in [1.82, 2.24) is 14.9 Å². The quantitative estimate of drug-likeness (QED) is 0.466. The Morgan fingerprint density at radius 3 is 2.40 bits per heavy atom. The Hall–Kier alpha value is -3.51. The zero-order valence-electron chi connectivity index (χ0n) is 16.0. The molecule has 0 amide bonds. The maximum Gasteiger partial charge on any atom is 0.174 e. The van der Waals surface area contributed by atoms with Gasteiger partial charge in [0.2, 0.25) is 0 Å². The highest BCUT2D eigenvalue weighted by Crippen LogP contribution is 2.42. The van der Waals surface area contributed by atoms with Gasteiger partial charge in [0.15, 0.2) is 5.11 Å². The predicted molar refractivity (Wildman–Crippen MR) is 120 cm³/mol. The third-order valence-electron chi connectivity index (χ3n) is 5.33. The molecule has 4 nitrogen and oxygen atoms in total. The maximum absolute atomic E-state index is 14.8. The van der Waals surface area contributed by atoms with Crippen molar-refractivity contribution in [2.24, 2.45) is 0 Å². The number of rotatable bonds is 4. The van der Waals surface area contributed by atoms with Crippen LogP contribution in [0.25, 0.3) is 5.69 Å². The van der Waals surface area contributed by atoms with Crippen LogP contribution in [0.1, 0.15) is 23.5 Å². The summed E-state index contributed by atoms with van der Waals surface area (Å²) in [7, 11) is 0. The number of hydrogen-bond donors (Lipinski definition) is 1. The number of benzene rings is 2. The monoisotopic (exact) mass is 414 g/mol. The van der Waals surface area contributed by atoms with E-state index in [-0.39, 0.29) is 17.9 Å². The third-order valence-corrected chi connectivity index (χ3v) is 5.64. The van der Waals surface area contributed by atoms with Crippen molar-refractivity contribution in [3.8, 4) is 5.69 Å². The molecule has 0 aliphatic carbocycles. The van der Waals surface area contributed by atoms with Gasteiger partial charge in [0.05, 0.1) is 17.4 Å². The van der Waals surface area contributed by atoms with Crippen LogP contribution in [0, 0.1) is 5.82 Å². The number of nitrogens with zero attached hydrogens (tertiary/aromatic N) is 3. The standard InChI is InChI=1S/C24H19FN4S/c25-18-11-4-5-13-20(18)29-23(22(27-24(29)30)19-12-6-7-15-26-19)21-14-8-16-28(21)17-9-2-1-3-10-17/h1-16,22-23H,(H,27,30)/t22-,23+/m0/s1. The Morgan fingerprint density at radius 1 is 0.867 bits per heavy atom. The van der Waals surface area contributed by atoms with Gasteiger partial charge >= 0.3 is 0 Å². The molecule has 0 spiro atoms. The molecule has 148 valence electrons. The van der Waals surface area contributed by atoms with E-state index in [2.05, 4.69) is 20.9 Å². The second-order valence-corrected chi connectivity index (χ2v) is 7.47. The number of halogens is 1. The Bertz CT molecular complexity index is 1180. The summed E-state index contributed by atoms with van der Waals surface area (Å²) in [6, 6.07) is 26.2. The van der Waals surface area contributed by atoms with E-state index in [0.717, 1.165) is 17.1 Å². The molecule has 6 heteroatoms. The fourth-order valence-electron chi connectivity index (χ4n) is 4.02. The lowest BCUT2D eigenvalue weighted by molar-refractivity contribution is 0.542. The Labute approximate surface area is 179 Å². The SMILES string of the molecule is Fc1ccccc1N1C(=S)N[C@@H](c2ccccn2)[C@H]1c1cccn1-c1ccccc1. The summed E-state index contributed by atoms with van der Waals surface area (Å²) < 4.78 is 16.9. The normalized spacial score (nSPS) is 18.4. The summed E-state index contributed by atoms with van der Waals surface area (Å²) in [6.45, 7) is 0. The molecule has 1 aliphatic rings. The van der Waals surface area contributed by atoms with Gasteiger partial charge in [0, 0.05) is 23.8 Å². The molecule has 0 unspecified atom stereocenters. The Balaban J connectivity index is 1.69. The van der Waals surface area contributed by atoms with E-state index in [9.17, 15) is 4.39 Å². The molecule has 30 heavy (non-hydrogen) atoms. The van der Waals surface area contributed by atoms with E-state index >= 15 is 0 Å². The van der Waals surface area contributed by atoms with Crippen molar-refractivity contribution >= 4 is 23.0 Å². The molecule has 0 bridgehead atoms. The molecule has 2 aromatic heterocycles. The second-order valence-electron chi connectivity index (χ2n) is 7.09. The van der Waals surface area contributed by atoms with Crippen LogP contribution >= 0.6 is 12.2 Å². The number of aromatic nitrogens is 2. The number of nitrogens with one attached hydrogen (secondary N) is 1. The molecule has 2 aromatic carbocycles. The van der Waals surface area contributed by atoms with Gasteiger partial charge in [0.1, 0.15) is 11.9 Å². The van der Waals surface area contributed by atoms with Crippen molar-refractivity contribution < 1.29 is 4.39 Å². The summed E-state index contributed by atoms with van der Waals surface area (Å²) in [6.07, 6.45) is 3.78. The summed E-state index contributed by atoms with van der Waals surface area (Å²) in [5.41, 5.74) is 3.32. The largest absolute Gasteiger partial charge is 0.351 e. The van der Waals surface area contributed by atoms with Gasteiger partial charge < -0.3 is 14.8 Å². The third kappa shape index (κ3) is 3.15. The highest BCUT2D eigenvalue weighted by atomic mass is 32.1. The lowest BCUT2D eigenvalue weighted by Crippen LogP contribution is -2.31. The molecule has 1 saturated heterocycles. The molecular formula is C24H19FN4S. The highest BCUT2D eigenvalue weighted by Gasteiger charge is 2.42. The topological polar surface area (TPSA) is 33.1 Å². The highest BCUT2D eigenvalue weighted by molar-refractivity contribution is 7.80. The van der Waals surface area contributed by atoms with E-state index in [1.165, 1.54) is 6.07 Å². The number of para-hydroxylation sites is 2. The minimum absolute atomic E-state index is 0.226. The van der Waals surface area contributed by atoms with Crippen LogP contribution in [0.5, 0.6) is 0 Å². The van der Waals surface area contributed by atoms with Gasteiger partial charge in [-0.1, -0.05) is 36.4 Å². The number of thiocarbonyl (C=S) groups is 1. The first-order valence-corrected chi connectivity index (χ1v) is 10.1. The van der Waals surface area contributed by atoms with Crippen LogP contribution in [-0.2, 0) is 0 Å². The van der Waals surface area contributed by atoms with Gasteiger partial charge in [-0.15, -0.1) is 0 Å². The smallest absolute Gasteiger partial charge is 0.174 e. The van der Waals surface area contributed by atoms with Crippen molar-refractivity contribution in [3.63, 3.8) is 0 Å². The first kappa shape index (κ1) is 18.5. The minimum atomic E-state index is -0.314. The Kier molecular flexibility index (Phi) is 4.77. The zero-order chi connectivity index (χ0) is 20.5. The molecular weight excluding hydrogens is 395 g/mol. The molecule has 2 atom stereocenters. The van der Waals surface area contributed by atoms with Crippen LogP contribution < -0.4 is 10.2 Å². The molecule has 0 radical (unpaired) electrons. The van der Waals surface area contributed by atoms with Crippen LogP contribution in [-0.4, -0.2) is 14.7 Å². The van der Waals surface area contributed by atoms with Crippen LogP contribution in [0.4, 0.5) is 10.1 Å². The predicted octanol–water partition coefficient (Wildman–Crippen LogP) is 5.19. The second kappa shape index (κ2) is 7.72. The summed E-state index contributed by atoms with van der Waals surface area (Å²) in [4.78, 5) is 6.42. The van der Waals surface area contributed by atoms with E-state index in [1.54, 1.807) is 18.3 Å². The molecule has 1 N–H and O–H groups in total. The van der Waals surface area contributed by atoms with Gasteiger partial charge in [0.25, 0.3) is 0 Å². The average Bonchev–Trinajstić information content (AvgIpc) is 3.40. The summed E-state index contributed by atoms with van der Waals surface area (Å²) >= 11 is 5.68. The van der Waals surface area contributed by atoms with E-state index in [1.807, 2.05) is 71.8 Å². The van der Waals surface area contributed by atoms with Crippen LogP contribution in [0.15, 0.2) is 97.3 Å². The van der Waals surface area contributed by atoms with Gasteiger partial charge in [-0.05, 0) is 60.7 Å². The lowest BCUT2D eigenvalue weighted by atomic mass is 10.0. The molecule has 0 saturated carbocycles. The van der Waals surface area contributed by atoms with Crippen LogP contribution in [0.2, 0.25) is 0 Å². The van der Waals surface area contributed by atoms with E-state index < -0.39 is 0 Å². The number of anilines is 1. The summed E-state index contributed by atoms with van der Waals surface area (Å²) in [5.74, 6) is -0.314. The van der Waals surface area contributed by atoms with Gasteiger partial charge in [-0.2, -0.15) is 0 Å². The first-order chi connectivity index (χ1) is 14.7. The molecule has 1 aliphatic heterocycles. The fraction of sp³-hybridized carbons (Fsp3) is 0.0833. The zero-order valence-corrected chi connectivity index (χ0v) is 16.8. The maximum atomic E-state index is 14.8. The van der Waals surface area contributed by atoms with E-state index in [4.69, 9.17) is 12.2 Å². The first-order valence-electron chi connectivity index (χ1n) is 9.72. The average molecular weight is 415 g/mol. The fourth-order valence-corrected chi connectivity index (χ4v) is 4.36. The van der Waals surface area contributed by atoms with Gasteiger partial charge in [-0.3, -0.25) is 4.98 Å². The Morgan fingerprint density at radius 2 is 1.63 bits per heavy atom. The van der Waals surface area contributed by atoms with Crippen LogP contribution in [0.3, 0.4) is 0 Å². The summed E-state index contributed by atoms with van der Waals surface area (Å²) in [5, 5.41) is 3.85. The molecule has 5 rings (SSSR count). The minimum Gasteiger partial charge on any atom is -0.351 e. The number of pyridine rings is 1. The van der Waals surface area contributed by atoms with Gasteiger partial charge in [-0.25, -0.2) is 4.39 Å². The van der Waals surface area contributed by atoms with Crippen molar-refractivity contribution in [2.75, 3.05) is 4.90 Å².